The first-order chi connectivity index (χ1) is 14.6. The molecule has 1 amide bonds. The number of nitrogens with one attached hydrogen (secondary N) is 1. The zero-order valence-electron chi connectivity index (χ0n) is 16.9. The molecule has 0 fully saturated rings. The molecule has 1 N–H and O–H groups in total. The second kappa shape index (κ2) is 8.25. The number of aryl methyl sites for hydroxylation is 1. The Morgan fingerprint density at radius 2 is 1.67 bits per heavy atom. The van der Waals surface area contributed by atoms with E-state index in [1.165, 1.54) is 0 Å². The fourth-order valence-corrected chi connectivity index (χ4v) is 3.45. The van der Waals surface area contributed by atoms with Gasteiger partial charge in [0.05, 0.1) is 19.3 Å². The van der Waals surface area contributed by atoms with Crippen LogP contribution in [0.25, 0.3) is 10.9 Å². The number of anilines is 1. The van der Waals surface area contributed by atoms with E-state index in [9.17, 15) is 9.59 Å². The minimum absolute atomic E-state index is 0.118. The number of pyridine rings is 1. The van der Waals surface area contributed by atoms with Crippen molar-refractivity contribution in [3.05, 3.63) is 106 Å². The normalized spacial score (nSPS) is 10.7. The second-order valence-corrected chi connectivity index (χ2v) is 7.14. The summed E-state index contributed by atoms with van der Waals surface area (Å²) in [5, 5.41) is 0.912. The minimum atomic E-state index is -0.217. The molecule has 0 aliphatic rings. The van der Waals surface area contributed by atoms with Crippen LogP contribution in [0.2, 0.25) is 0 Å². The van der Waals surface area contributed by atoms with Crippen LogP contribution in [-0.2, 0) is 6.54 Å². The van der Waals surface area contributed by atoms with Crippen LogP contribution in [0.1, 0.15) is 21.5 Å². The summed E-state index contributed by atoms with van der Waals surface area (Å²) in [4.78, 5) is 30.7. The molecule has 0 unspecified atom stereocenters. The number of carbonyl (C=O) groups excluding carboxylic acids is 1. The van der Waals surface area contributed by atoms with E-state index in [0.29, 0.717) is 22.6 Å². The van der Waals surface area contributed by atoms with Crippen LogP contribution >= 0.6 is 0 Å². The molecule has 5 heteroatoms. The SMILES string of the molecule is COc1ccccc1N(Cc1cc2ccccc2[nH]c1=O)C(=O)c1ccc(C)cc1. The molecule has 0 spiro atoms. The molecule has 0 aliphatic carbocycles. The molecule has 0 aliphatic heterocycles. The Bertz CT molecular complexity index is 1260. The van der Waals surface area contributed by atoms with Gasteiger partial charge in [-0.15, -0.1) is 0 Å². The fourth-order valence-electron chi connectivity index (χ4n) is 3.45. The monoisotopic (exact) mass is 398 g/mol. The predicted octanol–water partition coefficient (Wildman–Crippen LogP) is 4.69. The van der Waals surface area contributed by atoms with Crippen molar-refractivity contribution < 1.29 is 9.53 Å². The summed E-state index contributed by atoms with van der Waals surface area (Å²) in [5.74, 6) is 0.363. The lowest BCUT2D eigenvalue weighted by Crippen LogP contribution is -2.33. The van der Waals surface area contributed by atoms with E-state index in [1.807, 2.05) is 67.6 Å². The van der Waals surface area contributed by atoms with E-state index >= 15 is 0 Å². The van der Waals surface area contributed by atoms with Gasteiger partial charge in [0.2, 0.25) is 0 Å². The number of para-hydroxylation sites is 3. The third kappa shape index (κ3) is 3.82. The van der Waals surface area contributed by atoms with Gasteiger partial charge in [0, 0.05) is 16.6 Å². The zero-order valence-corrected chi connectivity index (χ0v) is 16.9. The largest absolute Gasteiger partial charge is 0.495 e. The number of aromatic nitrogens is 1. The minimum Gasteiger partial charge on any atom is -0.495 e. The number of amides is 1. The second-order valence-electron chi connectivity index (χ2n) is 7.14. The highest BCUT2D eigenvalue weighted by molar-refractivity contribution is 6.06. The number of carbonyl (C=O) groups is 1. The number of aromatic amines is 1. The van der Waals surface area contributed by atoms with Crippen LogP contribution in [0.15, 0.2) is 83.7 Å². The first-order valence-corrected chi connectivity index (χ1v) is 9.69. The molecular weight excluding hydrogens is 376 g/mol. The van der Waals surface area contributed by atoms with Gasteiger partial charge in [-0.05, 0) is 48.7 Å². The van der Waals surface area contributed by atoms with E-state index in [0.717, 1.165) is 16.5 Å². The highest BCUT2D eigenvalue weighted by Gasteiger charge is 2.22. The van der Waals surface area contributed by atoms with Crippen molar-refractivity contribution in [2.24, 2.45) is 0 Å². The quantitative estimate of drug-likeness (QED) is 0.530. The van der Waals surface area contributed by atoms with Gasteiger partial charge in [-0.25, -0.2) is 0 Å². The third-order valence-electron chi connectivity index (χ3n) is 5.08. The van der Waals surface area contributed by atoms with Gasteiger partial charge in [0.25, 0.3) is 11.5 Å². The topological polar surface area (TPSA) is 62.4 Å². The number of H-pyrrole nitrogens is 1. The average Bonchev–Trinajstić information content (AvgIpc) is 2.77. The number of ether oxygens (including phenoxy) is 1. The lowest BCUT2D eigenvalue weighted by molar-refractivity contribution is 0.0984. The number of hydrogen-bond donors (Lipinski definition) is 1. The van der Waals surface area contributed by atoms with Gasteiger partial charge in [-0.3, -0.25) is 9.59 Å². The summed E-state index contributed by atoms with van der Waals surface area (Å²) in [6, 6.07) is 24.1. The molecule has 3 aromatic carbocycles. The van der Waals surface area contributed by atoms with Crippen molar-refractivity contribution in [1.29, 1.82) is 0 Å². The molecule has 150 valence electrons. The van der Waals surface area contributed by atoms with E-state index in [-0.39, 0.29) is 18.0 Å². The number of rotatable bonds is 5. The summed E-state index contributed by atoms with van der Waals surface area (Å²) in [6.45, 7) is 2.09. The van der Waals surface area contributed by atoms with E-state index in [4.69, 9.17) is 4.74 Å². The molecule has 0 atom stereocenters. The van der Waals surface area contributed by atoms with Gasteiger partial charge in [-0.1, -0.05) is 48.0 Å². The summed E-state index contributed by atoms with van der Waals surface area (Å²) in [5.41, 5.74) is 3.27. The van der Waals surface area contributed by atoms with Gasteiger partial charge in [0.1, 0.15) is 5.75 Å². The van der Waals surface area contributed by atoms with Crippen molar-refractivity contribution in [2.45, 2.75) is 13.5 Å². The van der Waals surface area contributed by atoms with Crippen molar-refractivity contribution in [2.75, 3.05) is 12.0 Å². The van der Waals surface area contributed by atoms with Crippen molar-refractivity contribution in [3.8, 4) is 5.75 Å². The van der Waals surface area contributed by atoms with Crippen LogP contribution < -0.4 is 15.2 Å². The van der Waals surface area contributed by atoms with Gasteiger partial charge >= 0.3 is 0 Å². The Kier molecular flexibility index (Phi) is 5.35. The van der Waals surface area contributed by atoms with Gasteiger partial charge in [-0.2, -0.15) is 0 Å². The number of benzene rings is 3. The van der Waals surface area contributed by atoms with Crippen molar-refractivity contribution in [1.82, 2.24) is 4.98 Å². The standard InChI is InChI=1S/C25H22N2O3/c1-17-11-13-18(14-12-17)25(29)27(22-9-5-6-10-23(22)30-2)16-20-15-19-7-3-4-8-21(19)26-24(20)28/h3-15H,16H2,1-2H3,(H,26,28). The fraction of sp³-hybridized carbons (Fsp3) is 0.120. The van der Waals surface area contributed by atoms with Crippen LogP contribution in [-0.4, -0.2) is 18.0 Å². The number of nitrogens with zero attached hydrogens (tertiary/aromatic N) is 1. The van der Waals surface area contributed by atoms with Crippen LogP contribution in [0.5, 0.6) is 5.75 Å². The Labute approximate surface area is 174 Å². The molecule has 0 radical (unpaired) electrons. The Morgan fingerprint density at radius 3 is 2.43 bits per heavy atom. The van der Waals surface area contributed by atoms with E-state index < -0.39 is 0 Å². The number of fused-ring (bicyclic) bond motifs is 1. The first kappa shape index (κ1) is 19.5. The molecule has 0 saturated carbocycles. The maximum atomic E-state index is 13.5. The number of hydrogen-bond acceptors (Lipinski definition) is 3. The lowest BCUT2D eigenvalue weighted by Gasteiger charge is -2.25. The van der Waals surface area contributed by atoms with Crippen LogP contribution in [0.4, 0.5) is 5.69 Å². The molecule has 4 aromatic rings. The molecule has 30 heavy (non-hydrogen) atoms. The highest BCUT2D eigenvalue weighted by Crippen LogP contribution is 2.30. The van der Waals surface area contributed by atoms with Gasteiger partial charge in [0.15, 0.2) is 0 Å². The maximum absolute atomic E-state index is 13.5. The highest BCUT2D eigenvalue weighted by atomic mass is 16.5. The van der Waals surface area contributed by atoms with Gasteiger partial charge < -0.3 is 14.6 Å². The smallest absolute Gasteiger partial charge is 0.258 e. The van der Waals surface area contributed by atoms with Crippen LogP contribution in [0, 0.1) is 6.92 Å². The third-order valence-corrected chi connectivity index (χ3v) is 5.08. The summed E-state index contributed by atoms with van der Waals surface area (Å²) >= 11 is 0. The predicted molar refractivity (Wildman–Crippen MR) is 119 cm³/mol. The summed E-state index contributed by atoms with van der Waals surface area (Å²) in [7, 11) is 1.57. The lowest BCUT2D eigenvalue weighted by atomic mass is 10.1. The molecule has 5 nitrogen and oxygen atoms in total. The molecule has 1 aromatic heterocycles. The maximum Gasteiger partial charge on any atom is 0.258 e. The molecule has 0 bridgehead atoms. The summed E-state index contributed by atoms with van der Waals surface area (Å²) < 4.78 is 5.49. The summed E-state index contributed by atoms with van der Waals surface area (Å²) in [6.07, 6.45) is 0. The molecule has 4 rings (SSSR count). The Balaban J connectivity index is 1.81. The van der Waals surface area contributed by atoms with E-state index in [1.54, 1.807) is 30.2 Å². The average molecular weight is 398 g/mol. The number of methoxy groups -OCH3 is 1. The van der Waals surface area contributed by atoms with Crippen molar-refractivity contribution in [3.63, 3.8) is 0 Å². The molecule has 0 saturated heterocycles. The Morgan fingerprint density at radius 1 is 0.967 bits per heavy atom. The van der Waals surface area contributed by atoms with E-state index in [2.05, 4.69) is 4.98 Å². The van der Waals surface area contributed by atoms with Crippen LogP contribution in [0.3, 0.4) is 0 Å². The zero-order chi connectivity index (χ0) is 21.1. The molecule has 1 heterocycles. The van der Waals surface area contributed by atoms with Crippen molar-refractivity contribution >= 4 is 22.5 Å². The first-order valence-electron chi connectivity index (χ1n) is 9.69. The molecular formula is C25H22N2O3. The Hall–Kier alpha value is -3.86.